The molecule has 0 saturated carbocycles. The number of benzene rings is 1. The molecule has 0 unspecified atom stereocenters. The van der Waals surface area contributed by atoms with E-state index in [4.69, 9.17) is 10.5 Å². The van der Waals surface area contributed by atoms with E-state index in [1.54, 1.807) is 25.3 Å². The molecule has 0 atom stereocenters. The summed E-state index contributed by atoms with van der Waals surface area (Å²) in [5, 5.41) is 0. The van der Waals surface area contributed by atoms with Crippen molar-refractivity contribution in [3.8, 4) is 0 Å². The molecule has 0 saturated heterocycles. The average molecular weight is 380 g/mol. The van der Waals surface area contributed by atoms with Gasteiger partial charge in [0.1, 0.15) is 0 Å². The quantitative estimate of drug-likeness (QED) is 0.661. The number of halogens is 1. The second-order valence-corrected chi connectivity index (χ2v) is 7.25. The number of nitrogens with two attached hydrogens (primary N) is 1. The molecule has 120 valence electrons. The number of hydrogen-bond acceptors (Lipinski definition) is 5. The van der Waals surface area contributed by atoms with Crippen molar-refractivity contribution in [3.63, 3.8) is 0 Å². The first kappa shape index (κ1) is 18.5. The zero-order chi connectivity index (χ0) is 15.9. The molecule has 0 heterocycles. The number of likely N-dealkylation sites (N-methyl/N-ethyl adjacent to an activating group) is 1. The summed E-state index contributed by atoms with van der Waals surface area (Å²) in [7, 11) is 0.0262. The molecule has 1 aromatic carbocycles. The molecule has 3 N–H and O–H groups in total. The highest BCUT2D eigenvalue weighted by atomic mass is 79.9. The van der Waals surface area contributed by atoms with Crippen molar-refractivity contribution >= 4 is 26.0 Å². The third kappa shape index (κ3) is 6.01. The van der Waals surface area contributed by atoms with Crippen LogP contribution in [0.5, 0.6) is 0 Å². The first-order valence-corrected chi connectivity index (χ1v) is 8.84. The second kappa shape index (κ2) is 8.82. The lowest BCUT2D eigenvalue weighted by molar-refractivity contribution is 0.162. The number of ether oxygens (including phenoxy) is 1. The molecule has 21 heavy (non-hydrogen) atoms. The van der Waals surface area contributed by atoms with Crippen LogP contribution < -0.4 is 10.5 Å². The minimum Gasteiger partial charge on any atom is -0.383 e. The van der Waals surface area contributed by atoms with Crippen LogP contribution in [-0.4, -0.2) is 53.7 Å². The predicted molar refractivity (Wildman–Crippen MR) is 86.6 cm³/mol. The maximum Gasteiger partial charge on any atom is 0.241 e. The van der Waals surface area contributed by atoms with Gasteiger partial charge in [-0.05, 0) is 40.7 Å². The highest BCUT2D eigenvalue weighted by molar-refractivity contribution is 9.10. The second-order valence-electron chi connectivity index (χ2n) is 4.66. The van der Waals surface area contributed by atoms with Crippen molar-refractivity contribution in [1.29, 1.82) is 0 Å². The van der Waals surface area contributed by atoms with Crippen LogP contribution in [0.2, 0.25) is 0 Å². The van der Waals surface area contributed by atoms with Gasteiger partial charge in [0.25, 0.3) is 0 Å². The van der Waals surface area contributed by atoms with Gasteiger partial charge in [0.15, 0.2) is 0 Å². The van der Waals surface area contributed by atoms with Gasteiger partial charge in [-0.1, -0.05) is 6.07 Å². The largest absolute Gasteiger partial charge is 0.383 e. The minimum atomic E-state index is -3.53. The van der Waals surface area contributed by atoms with Crippen molar-refractivity contribution in [2.24, 2.45) is 5.73 Å². The van der Waals surface area contributed by atoms with Crippen LogP contribution in [0.3, 0.4) is 0 Å². The normalized spacial score (nSPS) is 12.0. The van der Waals surface area contributed by atoms with Gasteiger partial charge in [0.05, 0.1) is 11.5 Å². The molecule has 1 rings (SSSR count). The molecule has 0 aliphatic carbocycles. The van der Waals surface area contributed by atoms with Crippen LogP contribution in [0.15, 0.2) is 27.6 Å². The van der Waals surface area contributed by atoms with E-state index >= 15 is 0 Å². The van der Waals surface area contributed by atoms with E-state index in [1.807, 2.05) is 11.9 Å². The van der Waals surface area contributed by atoms with Gasteiger partial charge in [-0.3, -0.25) is 0 Å². The smallest absolute Gasteiger partial charge is 0.241 e. The monoisotopic (exact) mass is 379 g/mol. The zero-order valence-electron chi connectivity index (χ0n) is 12.3. The fourth-order valence-corrected chi connectivity index (χ4v) is 3.84. The van der Waals surface area contributed by atoms with E-state index in [0.29, 0.717) is 30.7 Å². The summed E-state index contributed by atoms with van der Waals surface area (Å²) in [6, 6.07) is 4.99. The zero-order valence-corrected chi connectivity index (χ0v) is 14.7. The van der Waals surface area contributed by atoms with E-state index in [0.717, 1.165) is 12.1 Å². The Morgan fingerprint density at radius 2 is 2.10 bits per heavy atom. The van der Waals surface area contributed by atoms with Gasteiger partial charge in [-0.2, -0.15) is 0 Å². The Balaban J connectivity index is 2.61. The third-order valence-electron chi connectivity index (χ3n) is 2.98. The maximum atomic E-state index is 12.2. The number of hydrogen-bond donors (Lipinski definition) is 2. The standard InChI is InChI=1S/C13H22BrN3O3S/c1-17(7-8-20-2)6-5-16-21(18,19)13-4-3-11(10-15)9-12(13)14/h3-4,9,16H,5-8,10,15H2,1-2H3. The van der Waals surface area contributed by atoms with E-state index < -0.39 is 10.0 Å². The van der Waals surface area contributed by atoms with Gasteiger partial charge in [-0.25, -0.2) is 13.1 Å². The first-order valence-electron chi connectivity index (χ1n) is 6.56. The van der Waals surface area contributed by atoms with Crippen molar-refractivity contribution in [2.75, 3.05) is 40.4 Å². The average Bonchev–Trinajstić information content (AvgIpc) is 2.44. The lowest BCUT2D eigenvalue weighted by Crippen LogP contribution is -2.34. The summed E-state index contributed by atoms with van der Waals surface area (Å²) >= 11 is 3.28. The molecule has 0 bridgehead atoms. The molecule has 6 nitrogen and oxygen atoms in total. The summed E-state index contributed by atoms with van der Waals surface area (Å²) in [4.78, 5) is 2.22. The van der Waals surface area contributed by atoms with Crippen LogP contribution in [-0.2, 0) is 21.3 Å². The Kier molecular flexibility index (Phi) is 7.78. The predicted octanol–water partition coefficient (Wildman–Crippen LogP) is 0.764. The number of nitrogens with zero attached hydrogens (tertiary/aromatic N) is 1. The Labute approximate surface area is 134 Å². The van der Waals surface area contributed by atoms with Crippen LogP contribution >= 0.6 is 15.9 Å². The molecule has 8 heteroatoms. The number of nitrogens with one attached hydrogen (secondary N) is 1. The Morgan fingerprint density at radius 1 is 1.38 bits per heavy atom. The van der Waals surface area contributed by atoms with Crippen LogP contribution in [0.4, 0.5) is 0 Å². The van der Waals surface area contributed by atoms with Crippen molar-refractivity contribution in [1.82, 2.24) is 9.62 Å². The molecule has 0 amide bonds. The van der Waals surface area contributed by atoms with Crippen LogP contribution in [0.25, 0.3) is 0 Å². The Bertz CT molecular complexity index is 552. The molecular weight excluding hydrogens is 358 g/mol. The summed E-state index contributed by atoms with van der Waals surface area (Å²) in [5.74, 6) is 0. The summed E-state index contributed by atoms with van der Waals surface area (Å²) in [5.41, 5.74) is 6.40. The molecule has 1 aromatic rings. The molecule has 0 aromatic heterocycles. The Morgan fingerprint density at radius 3 is 2.67 bits per heavy atom. The SMILES string of the molecule is COCCN(C)CCNS(=O)(=O)c1ccc(CN)cc1Br. The molecule has 0 aliphatic rings. The molecule has 0 aliphatic heterocycles. The van der Waals surface area contributed by atoms with Gasteiger partial charge >= 0.3 is 0 Å². The highest BCUT2D eigenvalue weighted by Crippen LogP contribution is 2.22. The van der Waals surface area contributed by atoms with E-state index in [1.165, 1.54) is 0 Å². The van der Waals surface area contributed by atoms with E-state index in [2.05, 4.69) is 20.7 Å². The molecule has 0 radical (unpaired) electrons. The lowest BCUT2D eigenvalue weighted by atomic mass is 10.2. The molecular formula is C13H22BrN3O3S. The van der Waals surface area contributed by atoms with E-state index in [-0.39, 0.29) is 4.90 Å². The van der Waals surface area contributed by atoms with Crippen LogP contribution in [0.1, 0.15) is 5.56 Å². The molecule has 0 fully saturated rings. The number of methoxy groups -OCH3 is 1. The van der Waals surface area contributed by atoms with Crippen LogP contribution in [0, 0.1) is 0 Å². The Hall–Kier alpha value is -0.510. The van der Waals surface area contributed by atoms with Crippen molar-refractivity contribution in [2.45, 2.75) is 11.4 Å². The van der Waals surface area contributed by atoms with Gasteiger partial charge in [-0.15, -0.1) is 0 Å². The van der Waals surface area contributed by atoms with Gasteiger partial charge in [0, 0.05) is 37.8 Å². The fraction of sp³-hybridized carbons (Fsp3) is 0.538. The number of rotatable bonds is 9. The lowest BCUT2D eigenvalue weighted by Gasteiger charge is -2.16. The van der Waals surface area contributed by atoms with E-state index in [9.17, 15) is 8.42 Å². The first-order chi connectivity index (χ1) is 9.90. The summed E-state index contributed by atoms with van der Waals surface area (Å²) < 4.78 is 32.5. The van der Waals surface area contributed by atoms with Crippen molar-refractivity contribution in [3.05, 3.63) is 28.2 Å². The summed E-state index contributed by atoms with van der Waals surface area (Å²) in [6.07, 6.45) is 0. The maximum absolute atomic E-state index is 12.2. The highest BCUT2D eigenvalue weighted by Gasteiger charge is 2.17. The van der Waals surface area contributed by atoms with Gasteiger partial charge in [0.2, 0.25) is 10.0 Å². The minimum absolute atomic E-state index is 0.222. The van der Waals surface area contributed by atoms with Crippen molar-refractivity contribution < 1.29 is 13.2 Å². The fourth-order valence-electron chi connectivity index (χ4n) is 1.70. The van der Waals surface area contributed by atoms with Gasteiger partial charge < -0.3 is 15.4 Å². The summed E-state index contributed by atoms with van der Waals surface area (Å²) in [6.45, 7) is 2.70. The topological polar surface area (TPSA) is 84.7 Å². The molecule has 0 spiro atoms. The number of sulfonamides is 1. The third-order valence-corrected chi connectivity index (χ3v) is 5.42.